The summed E-state index contributed by atoms with van der Waals surface area (Å²) in [6.45, 7) is 0. The van der Waals surface area contributed by atoms with Crippen molar-refractivity contribution in [3.8, 4) is 17.3 Å². The molecule has 10 nitrogen and oxygen atoms in total. The second-order valence-electron chi connectivity index (χ2n) is 10.8. The van der Waals surface area contributed by atoms with Crippen LogP contribution in [0.1, 0.15) is 49.7 Å². The molecule has 4 aliphatic carbocycles. The first-order chi connectivity index (χ1) is 17.7. The number of phenols is 1. The van der Waals surface area contributed by atoms with Gasteiger partial charge in [-0.3, -0.25) is 24.9 Å². The molecule has 7 rings (SSSR count). The molecule has 3 N–H and O–H groups in total. The van der Waals surface area contributed by atoms with E-state index in [2.05, 4.69) is 9.98 Å². The van der Waals surface area contributed by atoms with Crippen molar-refractivity contribution in [3.05, 3.63) is 84.5 Å². The van der Waals surface area contributed by atoms with Gasteiger partial charge in [-0.05, 0) is 85.5 Å². The van der Waals surface area contributed by atoms with Crippen LogP contribution in [-0.4, -0.2) is 30.9 Å². The van der Waals surface area contributed by atoms with Gasteiger partial charge in [-0.2, -0.15) is 0 Å². The zero-order chi connectivity index (χ0) is 25.9. The summed E-state index contributed by atoms with van der Waals surface area (Å²) in [5.41, 5.74) is -0.430. The average molecular weight is 503 g/mol. The minimum absolute atomic E-state index is 0.0397. The Bertz CT molecular complexity index is 1520. The fourth-order valence-electron chi connectivity index (χ4n) is 7.19. The largest absolute Gasteiger partial charge is 0.505 e. The number of nitro groups is 1. The lowest BCUT2D eigenvalue weighted by Gasteiger charge is -2.57. The van der Waals surface area contributed by atoms with Crippen LogP contribution < -0.4 is 11.2 Å². The summed E-state index contributed by atoms with van der Waals surface area (Å²) in [4.78, 5) is 41.5. The molecule has 0 aliphatic heterocycles. The number of nitro benzene ring substituents is 1. The van der Waals surface area contributed by atoms with Gasteiger partial charge in [0.1, 0.15) is 17.0 Å². The quantitative estimate of drug-likeness (QED) is 0.272. The standard InChI is InChI=1S/C27H26N4O6/c32-23-10-20(31(36)37)5-6-22(23)28-14-21-24(33)29-26(35)30(25(21)34)19-3-1-18(2-4-19)27-11-15-7-16(12-27)9-17(8-15)13-27/h1-6,10,14-17,32,34H,7-9,11-13H2,(H,29,33,35). The molecular weight excluding hydrogens is 476 g/mol. The molecule has 4 saturated carbocycles. The number of benzene rings is 2. The van der Waals surface area contributed by atoms with E-state index >= 15 is 0 Å². The minimum Gasteiger partial charge on any atom is -0.505 e. The minimum atomic E-state index is -0.853. The van der Waals surface area contributed by atoms with Crippen LogP contribution >= 0.6 is 0 Å². The van der Waals surface area contributed by atoms with Gasteiger partial charge in [-0.25, -0.2) is 9.36 Å². The Morgan fingerprint density at radius 1 is 1.00 bits per heavy atom. The molecule has 10 heteroatoms. The third-order valence-electron chi connectivity index (χ3n) is 8.40. The maximum absolute atomic E-state index is 12.6. The van der Waals surface area contributed by atoms with Crippen molar-refractivity contribution in [2.24, 2.45) is 22.7 Å². The average Bonchev–Trinajstić information content (AvgIpc) is 2.84. The Morgan fingerprint density at radius 2 is 1.62 bits per heavy atom. The van der Waals surface area contributed by atoms with E-state index in [1.165, 1.54) is 50.2 Å². The number of phenolic OH excluding ortho intramolecular Hbond substituents is 1. The number of nitrogens with one attached hydrogen (secondary N) is 1. The van der Waals surface area contributed by atoms with E-state index < -0.39 is 27.8 Å². The lowest BCUT2D eigenvalue weighted by molar-refractivity contribution is -0.384. The third-order valence-corrected chi connectivity index (χ3v) is 8.40. The molecule has 0 unspecified atom stereocenters. The fourth-order valence-corrected chi connectivity index (χ4v) is 7.19. The highest BCUT2D eigenvalue weighted by Crippen LogP contribution is 2.60. The van der Waals surface area contributed by atoms with Gasteiger partial charge < -0.3 is 10.2 Å². The summed E-state index contributed by atoms with van der Waals surface area (Å²) in [6, 6.07) is 10.9. The Labute approximate surface area is 211 Å². The van der Waals surface area contributed by atoms with Gasteiger partial charge in [0.25, 0.3) is 11.2 Å². The predicted molar refractivity (Wildman–Crippen MR) is 136 cm³/mol. The zero-order valence-electron chi connectivity index (χ0n) is 20.0. The molecular formula is C27H26N4O6. The molecule has 190 valence electrons. The smallest absolute Gasteiger partial charge is 0.335 e. The lowest BCUT2D eigenvalue weighted by Crippen LogP contribution is -2.48. The number of aromatic amines is 1. The highest BCUT2D eigenvalue weighted by atomic mass is 16.6. The fraction of sp³-hybridized carbons (Fsp3) is 0.370. The summed E-state index contributed by atoms with van der Waals surface area (Å²) in [5, 5.41) is 31.8. The SMILES string of the molecule is O=c1[nH]c(=O)n(-c2ccc(C34CC5CC(CC(C5)C3)C4)cc2)c(O)c1C=Nc1ccc([N+](=O)[O-])cc1O. The predicted octanol–water partition coefficient (Wildman–Crippen LogP) is 4.06. The van der Waals surface area contributed by atoms with E-state index in [9.17, 15) is 29.9 Å². The lowest BCUT2D eigenvalue weighted by atomic mass is 9.48. The zero-order valence-corrected chi connectivity index (χ0v) is 20.0. The molecule has 0 atom stereocenters. The number of aromatic nitrogens is 2. The Kier molecular flexibility index (Phi) is 5.29. The summed E-state index contributed by atoms with van der Waals surface area (Å²) < 4.78 is 1.00. The van der Waals surface area contributed by atoms with Crippen LogP contribution in [0.2, 0.25) is 0 Å². The van der Waals surface area contributed by atoms with Gasteiger partial charge in [0.05, 0.1) is 16.7 Å². The highest BCUT2D eigenvalue weighted by Gasteiger charge is 2.51. The molecule has 0 spiro atoms. The van der Waals surface area contributed by atoms with E-state index in [0.29, 0.717) is 5.69 Å². The highest BCUT2D eigenvalue weighted by molar-refractivity contribution is 5.85. The molecule has 0 saturated heterocycles. The topological polar surface area (TPSA) is 151 Å². The number of nitrogens with zero attached hydrogens (tertiary/aromatic N) is 3. The number of hydrogen-bond donors (Lipinski definition) is 3. The van der Waals surface area contributed by atoms with Crippen molar-refractivity contribution in [1.29, 1.82) is 0 Å². The van der Waals surface area contributed by atoms with Crippen molar-refractivity contribution >= 4 is 17.6 Å². The van der Waals surface area contributed by atoms with Crippen LogP contribution in [0.5, 0.6) is 11.6 Å². The Morgan fingerprint density at radius 3 is 2.19 bits per heavy atom. The van der Waals surface area contributed by atoms with Crippen LogP contribution in [0.25, 0.3) is 5.69 Å². The van der Waals surface area contributed by atoms with Gasteiger partial charge in [-0.15, -0.1) is 0 Å². The molecule has 1 aromatic heterocycles. The van der Waals surface area contributed by atoms with Crippen LogP contribution in [-0.2, 0) is 5.41 Å². The first kappa shape index (κ1) is 23.2. The van der Waals surface area contributed by atoms with Crippen molar-refractivity contribution < 1.29 is 15.1 Å². The van der Waals surface area contributed by atoms with Gasteiger partial charge in [0, 0.05) is 12.3 Å². The number of non-ortho nitro benzene ring substituents is 1. The second kappa shape index (κ2) is 8.43. The van der Waals surface area contributed by atoms with Gasteiger partial charge >= 0.3 is 5.69 Å². The second-order valence-corrected chi connectivity index (χ2v) is 10.8. The molecule has 1 heterocycles. The first-order valence-electron chi connectivity index (χ1n) is 12.4. The molecule has 37 heavy (non-hydrogen) atoms. The number of rotatable bonds is 5. The van der Waals surface area contributed by atoms with Crippen molar-refractivity contribution in [2.45, 2.75) is 43.9 Å². The molecule has 0 radical (unpaired) electrons. The maximum atomic E-state index is 12.6. The molecule has 0 amide bonds. The maximum Gasteiger partial charge on any atom is 0.335 e. The van der Waals surface area contributed by atoms with E-state index in [4.69, 9.17) is 0 Å². The molecule has 4 aliphatic rings. The number of aromatic hydroxyl groups is 2. The molecule has 4 bridgehead atoms. The van der Waals surface area contributed by atoms with Crippen molar-refractivity contribution in [2.75, 3.05) is 0 Å². The monoisotopic (exact) mass is 502 g/mol. The van der Waals surface area contributed by atoms with E-state index in [1.807, 2.05) is 12.1 Å². The third kappa shape index (κ3) is 3.92. The van der Waals surface area contributed by atoms with Crippen LogP contribution in [0.4, 0.5) is 11.4 Å². The number of hydrogen-bond acceptors (Lipinski definition) is 7. The first-order valence-corrected chi connectivity index (χ1v) is 12.4. The van der Waals surface area contributed by atoms with Gasteiger partial charge in [0.2, 0.25) is 5.88 Å². The Hall–Kier alpha value is -4.21. The molecule has 2 aromatic carbocycles. The normalized spacial score (nSPS) is 26.1. The summed E-state index contributed by atoms with van der Waals surface area (Å²) in [6.07, 6.45) is 8.67. The molecule has 3 aromatic rings. The van der Waals surface area contributed by atoms with Gasteiger partial charge in [0.15, 0.2) is 0 Å². The van der Waals surface area contributed by atoms with E-state index in [1.54, 1.807) is 12.1 Å². The van der Waals surface area contributed by atoms with Crippen LogP contribution in [0.15, 0.2) is 57.0 Å². The van der Waals surface area contributed by atoms with Crippen molar-refractivity contribution in [1.82, 2.24) is 9.55 Å². The van der Waals surface area contributed by atoms with E-state index in [0.717, 1.165) is 40.7 Å². The van der Waals surface area contributed by atoms with Crippen molar-refractivity contribution in [3.63, 3.8) is 0 Å². The Balaban J connectivity index is 1.33. The number of H-pyrrole nitrogens is 1. The molecule has 4 fully saturated rings. The number of aliphatic imine (C=N–C) groups is 1. The van der Waals surface area contributed by atoms with Crippen LogP contribution in [0.3, 0.4) is 0 Å². The van der Waals surface area contributed by atoms with Gasteiger partial charge in [-0.1, -0.05) is 12.1 Å². The van der Waals surface area contributed by atoms with E-state index in [-0.39, 0.29) is 22.4 Å². The van der Waals surface area contributed by atoms with Crippen LogP contribution in [0, 0.1) is 27.9 Å². The summed E-state index contributed by atoms with van der Waals surface area (Å²) in [5.74, 6) is 1.34. The summed E-state index contributed by atoms with van der Waals surface area (Å²) >= 11 is 0. The summed E-state index contributed by atoms with van der Waals surface area (Å²) in [7, 11) is 0.